The monoisotopic (exact) mass is 467 g/mol. The van der Waals surface area contributed by atoms with E-state index < -0.39 is 34.5 Å². The van der Waals surface area contributed by atoms with Crippen molar-refractivity contribution in [2.24, 2.45) is 0 Å². The van der Waals surface area contributed by atoms with Crippen LogP contribution in [0.5, 0.6) is 0 Å². The lowest BCUT2D eigenvalue weighted by atomic mass is 10.1. The molecule has 2 aromatic carbocycles. The third kappa shape index (κ3) is 4.59. The Morgan fingerprint density at radius 3 is 2.26 bits per heavy atom. The molecule has 34 heavy (non-hydrogen) atoms. The molecule has 178 valence electrons. The van der Waals surface area contributed by atoms with E-state index in [4.69, 9.17) is 4.74 Å². The minimum absolute atomic E-state index is 0.0163. The summed E-state index contributed by atoms with van der Waals surface area (Å²) in [5, 5.41) is 9.49. The van der Waals surface area contributed by atoms with Gasteiger partial charge in [-0.1, -0.05) is 18.2 Å². The number of hydrogen-bond acceptors (Lipinski definition) is 5. The van der Waals surface area contributed by atoms with Crippen molar-refractivity contribution in [1.29, 1.82) is 0 Å². The van der Waals surface area contributed by atoms with Gasteiger partial charge in [-0.2, -0.15) is 0 Å². The maximum atomic E-state index is 15.2. The number of carbonyl (C=O) groups excluding carboxylic acids is 1. The van der Waals surface area contributed by atoms with Gasteiger partial charge in [0.25, 0.3) is 0 Å². The number of rotatable bonds is 3. The number of nitrogens with zero attached hydrogens (tertiary/aromatic N) is 3. The molecule has 0 bridgehead atoms. The third-order valence-corrected chi connectivity index (χ3v) is 5.61. The predicted molar refractivity (Wildman–Crippen MR) is 126 cm³/mol. The second-order valence-corrected chi connectivity index (χ2v) is 9.16. The fourth-order valence-corrected chi connectivity index (χ4v) is 3.99. The van der Waals surface area contributed by atoms with Gasteiger partial charge in [-0.25, -0.2) is 14.0 Å². The predicted octanol–water partition coefficient (Wildman–Crippen LogP) is 3.89. The van der Waals surface area contributed by atoms with Crippen LogP contribution in [0.3, 0.4) is 0 Å². The smallest absolute Gasteiger partial charge is 0.410 e. The lowest BCUT2D eigenvalue weighted by Gasteiger charge is -2.37. The van der Waals surface area contributed by atoms with Crippen molar-refractivity contribution in [3.8, 4) is 5.69 Å². The number of fused-ring (bicyclic) bond motifs is 1. The fraction of sp³-hybridized carbons (Fsp3) is 0.320. The van der Waals surface area contributed by atoms with Gasteiger partial charge in [-0.05, 0) is 45.0 Å². The van der Waals surface area contributed by atoms with Crippen LogP contribution in [0, 0.1) is 5.82 Å². The number of carbonyl (C=O) groups is 2. The molecule has 1 saturated heterocycles. The van der Waals surface area contributed by atoms with Gasteiger partial charge in [0.15, 0.2) is 0 Å². The average molecular weight is 467 g/mol. The Balaban J connectivity index is 1.73. The quantitative estimate of drug-likeness (QED) is 0.629. The summed E-state index contributed by atoms with van der Waals surface area (Å²) in [6, 6.07) is 11.6. The van der Waals surface area contributed by atoms with E-state index in [1.807, 2.05) is 6.07 Å². The highest BCUT2D eigenvalue weighted by molar-refractivity contribution is 5.94. The molecule has 4 rings (SSSR count). The third-order valence-electron chi connectivity index (χ3n) is 5.61. The average Bonchev–Trinajstić information content (AvgIpc) is 2.78. The molecule has 9 heteroatoms. The Bertz CT molecular complexity index is 1310. The van der Waals surface area contributed by atoms with Crippen molar-refractivity contribution in [3.05, 3.63) is 70.3 Å². The van der Waals surface area contributed by atoms with E-state index in [-0.39, 0.29) is 11.1 Å². The topological polar surface area (TPSA) is 92.1 Å². The highest BCUT2D eigenvalue weighted by Gasteiger charge is 2.27. The molecule has 2 heterocycles. The van der Waals surface area contributed by atoms with Crippen molar-refractivity contribution in [3.63, 3.8) is 0 Å². The summed E-state index contributed by atoms with van der Waals surface area (Å²) in [5.74, 6) is -2.00. The zero-order valence-electron chi connectivity index (χ0n) is 19.2. The first kappa shape index (κ1) is 23.3. The van der Waals surface area contributed by atoms with Crippen LogP contribution in [-0.2, 0) is 4.74 Å². The van der Waals surface area contributed by atoms with Crippen LogP contribution in [0.2, 0.25) is 0 Å². The van der Waals surface area contributed by atoms with E-state index in [1.54, 1.807) is 65.5 Å². The van der Waals surface area contributed by atoms with Crippen molar-refractivity contribution < 1.29 is 23.8 Å². The molecule has 1 N–H and O–H groups in total. The zero-order chi connectivity index (χ0) is 24.6. The summed E-state index contributed by atoms with van der Waals surface area (Å²) in [7, 11) is 0. The Labute approximate surface area is 195 Å². The number of anilines is 1. The summed E-state index contributed by atoms with van der Waals surface area (Å²) in [5.41, 5.74) is -0.462. The van der Waals surface area contributed by atoms with E-state index in [0.717, 1.165) is 6.07 Å². The molecule has 1 aromatic heterocycles. The molecule has 0 unspecified atom stereocenters. The lowest BCUT2D eigenvalue weighted by Crippen LogP contribution is -2.50. The number of aromatic carboxylic acids is 1. The molecule has 1 fully saturated rings. The highest BCUT2D eigenvalue weighted by atomic mass is 19.1. The number of ether oxygens (including phenoxy) is 1. The van der Waals surface area contributed by atoms with Gasteiger partial charge in [-0.3, -0.25) is 4.79 Å². The number of carboxylic acids is 1. The molecular weight excluding hydrogens is 441 g/mol. The van der Waals surface area contributed by atoms with Crippen molar-refractivity contribution in [2.45, 2.75) is 26.4 Å². The van der Waals surface area contributed by atoms with Crippen molar-refractivity contribution >= 4 is 28.7 Å². The van der Waals surface area contributed by atoms with E-state index in [2.05, 4.69) is 0 Å². The first-order chi connectivity index (χ1) is 16.0. The molecule has 3 aromatic rings. The number of pyridine rings is 1. The standard InChI is InChI=1S/C25H26FN3O5/c1-25(2,3)34-24(33)28-11-9-27(10-12-28)21-14-20-17(13-19(21)26)22(30)18(23(31)32)15-29(20)16-7-5-4-6-8-16/h4-8,13-15H,9-12H2,1-3H3,(H,31,32). The summed E-state index contributed by atoms with van der Waals surface area (Å²) < 4.78 is 22.2. The molecule has 8 nitrogen and oxygen atoms in total. The number of carboxylic acid groups (broad SMARTS) is 1. The second kappa shape index (κ2) is 8.81. The van der Waals surface area contributed by atoms with E-state index in [1.165, 1.54) is 6.20 Å². The Morgan fingerprint density at radius 1 is 1.03 bits per heavy atom. The maximum Gasteiger partial charge on any atom is 0.410 e. The number of para-hydroxylation sites is 1. The van der Waals surface area contributed by atoms with E-state index in [9.17, 15) is 19.5 Å². The number of amides is 1. The minimum atomic E-state index is -1.38. The first-order valence-electron chi connectivity index (χ1n) is 11.0. The largest absolute Gasteiger partial charge is 0.477 e. The van der Waals surface area contributed by atoms with E-state index >= 15 is 4.39 Å². The molecule has 1 aliphatic heterocycles. The maximum absolute atomic E-state index is 15.2. The van der Waals surface area contributed by atoms with Crippen LogP contribution in [0.1, 0.15) is 31.1 Å². The Morgan fingerprint density at radius 2 is 1.68 bits per heavy atom. The van der Waals surface area contributed by atoms with E-state index in [0.29, 0.717) is 37.4 Å². The minimum Gasteiger partial charge on any atom is -0.477 e. The zero-order valence-corrected chi connectivity index (χ0v) is 19.2. The van der Waals surface area contributed by atoms with Gasteiger partial charge in [0.05, 0.1) is 11.2 Å². The van der Waals surface area contributed by atoms with Gasteiger partial charge in [0.1, 0.15) is 17.0 Å². The number of piperazine rings is 1. The SMILES string of the molecule is CC(C)(C)OC(=O)N1CCN(c2cc3c(cc2F)c(=O)c(C(=O)O)cn3-c2ccccc2)CC1. The van der Waals surface area contributed by atoms with Crippen molar-refractivity contribution in [1.82, 2.24) is 9.47 Å². The Kier molecular flexibility index (Phi) is 6.03. The number of hydrogen-bond donors (Lipinski definition) is 1. The van der Waals surface area contributed by atoms with Crippen LogP contribution in [-0.4, -0.2) is 58.4 Å². The van der Waals surface area contributed by atoms with Crippen LogP contribution in [0.4, 0.5) is 14.9 Å². The molecule has 0 radical (unpaired) electrons. The van der Waals surface area contributed by atoms with Gasteiger partial charge >= 0.3 is 12.1 Å². The molecule has 1 amide bonds. The second-order valence-electron chi connectivity index (χ2n) is 9.16. The van der Waals surface area contributed by atoms with Crippen LogP contribution in [0.15, 0.2) is 53.5 Å². The van der Waals surface area contributed by atoms with Gasteiger partial charge < -0.3 is 24.2 Å². The normalized spacial score (nSPS) is 14.4. The molecule has 0 saturated carbocycles. The summed E-state index contributed by atoms with van der Waals surface area (Å²) in [4.78, 5) is 40.2. The van der Waals surface area contributed by atoms with Gasteiger partial charge in [0.2, 0.25) is 5.43 Å². The first-order valence-corrected chi connectivity index (χ1v) is 11.0. The van der Waals surface area contributed by atoms with Crippen LogP contribution >= 0.6 is 0 Å². The fourth-order valence-electron chi connectivity index (χ4n) is 3.99. The van der Waals surface area contributed by atoms with Crippen molar-refractivity contribution in [2.75, 3.05) is 31.1 Å². The Hall–Kier alpha value is -3.88. The number of benzene rings is 2. The summed E-state index contributed by atoms with van der Waals surface area (Å²) in [6.45, 7) is 6.87. The molecule has 0 spiro atoms. The summed E-state index contributed by atoms with van der Waals surface area (Å²) >= 11 is 0. The van der Waals surface area contributed by atoms with Crippen LogP contribution < -0.4 is 10.3 Å². The molecule has 1 aliphatic rings. The highest BCUT2D eigenvalue weighted by Crippen LogP contribution is 2.28. The molecular formula is C25H26FN3O5. The molecule has 0 aliphatic carbocycles. The number of aromatic nitrogens is 1. The van der Waals surface area contributed by atoms with Gasteiger partial charge in [-0.15, -0.1) is 0 Å². The van der Waals surface area contributed by atoms with Gasteiger partial charge in [0, 0.05) is 43.4 Å². The summed E-state index contributed by atoms with van der Waals surface area (Å²) in [6.07, 6.45) is 0.857. The number of halogens is 1. The lowest BCUT2D eigenvalue weighted by molar-refractivity contribution is 0.0240. The molecule has 0 atom stereocenters. The van der Waals surface area contributed by atoms with Crippen LogP contribution in [0.25, 0.3) is 16.6 Å².